The number of hydrogen-bond donors (Lipinski definition) is 2. The van der Waals surface area contributed by atoms with Gasteiger partial charge in [0, 0.05) is 32.6 Å². The number of amides is 1. The molecule has 0 atom stereocenters. The Labute approximate surface area is 149 Å². The molecule has 1 fully saturated rings. The standard InChI is InChI=1S/C19H29FN4O/c1-14(2)11-21-18(22-12-17(25)24(3)4)23-13-19(9-10-19)15-7-5-6-8-16(15)20/h5-8,14H,9-13H2,1-4H3,(H2,21,22,23). The monoisotopic (exact) mass is 348 g/mol. The third kappa shape index (κ3) is 5.44. The van der Waals surface area contributed by atoms with E-state index in [0.717, 1.165) is 24.9 Å². The van der Waals surface area contributed by atoms with Gasteiger partial charge in [0.25, 0.3) is 0 Å². The molecule has 2 N–H and O–H groups in total. The van der Waals surface area contributed by atoms with E-state index in [1.54, 1.807) is 20.2 Å². The second-order valence-corrected chi connectivity index (χ2v) is 7.34. The first-order valence-corrected chi connectivity index (χ1v) is 8.81. The van der Waals surface area contributed by atoms with Crippen molar-refractivity contribution < 1.29 is 9.18 Å². The van der Waals surface area contributed by atoms with E-state index in [-0.39, 0.29) is 23.7 Å². The highest BCUT2D eigenvalue weighted by Gasteiger charge is 2.45. The zero-order chi connectivity index (χ0) is 18.4. The van der Waals surface area contributed by atoms with Crippen LogP contribution in [0.1, 0.15) is 32.3 Å². The largest absolute Gasteiger partial charge is 0.356 e. The zero-order valence-electron chi connectivity index (χ0n) is 15.6. The van der Waals surface area contributed by atoms with Gasteiger partial charge < -0.3 is 15.5 Å². The van der Waals surface area contributed by atoms with Gasteiger partial charge in [0.2, 0.25) is 5.91 Å². The number of carbonyl (C=O) groups is 1. The highest BCUT2D eigenvalue weighted by molar-refractivity contribution is 5.84. The van der Waals surface area contributed by atoms with Crippen molar-refractivity contribution in [1.29, 1.82) is 0 Å². The lowest BCUT2D eigenvalue weighted by atomic mass is 9.95. The molecule has 0 saturated heterocycles. The topological polar surface area (TPSA) is 56.7 Å². The van der Waals surface area contributed by atoms with Crippen molar-refractivity contribution in [2.45, 2.75) is 32.1 Å². The Morgan fingerprint density at radius 1 is 1.28 bits per heavy atom. The van der Waals surface area contributed by atoms with Crippen molar-refractivity contribution in [2.24, 2.45) is 10.9 Å². The van der Waals surface area contributed by atoms with Gasteiger partial charge in [0.1, 0.15) is 12.4 Å². The van der Waals surface area contributed by atoms with E-state index in [0.29, 0.717) is 18.4 Å². The van der Waals surface area contributed by atoms with Crippen LogP contribution in [0.4, 0.5) is 4.39 Å². The lowest BCUT2D eigenvalue weighted by Gasteiger charge is -2.20. The summed E-state index contributed by atoms with van der Waals surface area (Å²) in [6.45, 7) is 5.67. The van der Waals surface area contributed by atoms with Gasteiger partial charge in [-0.2, -0.15) is 0 Å². The Morgan fingerprint density at radius 2 is 1.96 bits per heavy atom. The van der Waals surface area contributed by atoms with Crippen molar-refractivity contribution in [2.75, 3.05) is 33.7 Å². The maximum atomic E-state index is 14.1. The van der Waals surface area contributed by atoms with Crippen molar-refractivity contribution in [3.8, 4) is 0 Å². The van der Waals surface area contributed by atoms with Crippen LogP contribution in [-0.2, 0) is 10.2 Å². The Hall–Kier alpha value is -2.11. The Balaban J connectivity index is 2.02. The molecular formula is C19H29FN4O. The molecular weight excluding hydrogens is 319 g/mol. The van der Waals surface area contributed by atoms with E-state index in [4.69, 9.17) is 0 Å². The molecule has 0 aromatic heterocycles. The van der Waals surface area contributed by atoms with Gasteiger partial charge in [-0.1, -0.05) is 32.0 Å². The van der Waals surface area contributed by atoms with E-state index >= 15 is 0 Å². The summed E-state index contributed by atoms with van der Waals surface area (Å²) in [5, 5.41) is 6.55. The smallest absolute Gasteiger partial charge is 0.243 e. The lowest BCUT2D eigenvalue weighted by Crippen LogP contribution is -2.43. The summed E-state index contributed by atoms with van der Waals surface area (Å²) < 4.78 is 14.1. The molecule has 2 rings (SSSR count). The third-order valence-electron chi connectivity index (χ3n) is 4.44. The first-order valence-electron chi connectivity index (χ1n) is 8.81. The van der Waals surface area contributed by atoms with E-state index in [9.17, 15) is 9.18 Å². The first kappa shape index (κ1) is 19.2. The molecule has 0 bridgehead atoms. The van der Waals surface area contributed by atoms with Gasteiger partial charge in [-0.25, -0.2) is 9.38 Å². The minimum absolute atomic E-state index is 0.0547. The molecule has 0 unspecified atom stereocenters. The zero-order valence-corrected chi connectivity index (χ0v) is 15.6. The number of nitrogens with zero attached hydrogens (tertiary/aromatic N) is 2. The number of halogens is 1. The summed E-state index contributed by atoms with van der Waals surface area (Å²) >= 11 is 0. The number of aliphatic imine (C=N–C) groups is 1. The van der Waals surface area contributed by atoms with Crippen LogP contribution in [0.2, 0.25) is 0 Å². The molecule has 1 aliphatic rings. The molecule has 1 amide bonds. The van der Waals surface area contributed by atoms with Crippen molar-refractivity contribution in [1.82, 2.24) is 15.5 Å². The maximum absolute atomic E-state index is 14.1. The van der Waals surface area contributed by atoms with Crippen molar-refractivity contribution in [3.05, 3.63) is 35.6 Å². The molecule has 0 spiro atoms. The molecule has 25 heavy (non-hydrogen) atoms. The number of benzene rings is 1. The first-order chi connectivity index (χ1) is 11.8. The summed E-state index contributed by atoms with van der Waals surface area (Å²) in [6.07, 6.45) is 1.91. The van der Waals surface area contributed by atoms with Crippen LogP contribution >= 0.6 is 0 Å². The van der Waals surface area contributed by atoms with Crippen LogP contribution in [0.25, 0.3) is 0 Å². The minimum atomic E-state index is -0.169. The molecule has 0 aliphatic heterocycles. The summed E-state index contributed by atoms with van der Waals surface area (Å²) in [5.41, 5.74) is 0.590. The molecule has 1 aromatic rings. The summed E-state index contributed by atoms with van der Waals surface area (Å²) in [7, 11) is 3.42. The molecule has 5 nitrogen and oxygen atoms in total. The normalized spacial score (nSPS) is 15.8. The number of likely N-dealkylation sites (N-methyl/N-ethyl adjacent to an activating group) is 1. The van der Waals surface area contributed by atoms with Crippen LogP contribution in [0.15, 0.2) is 29.3 Å². The predicted molar refractivity (Wildman–Crippen MR) is 99.2 cm³/mol. The van der Waals surface area contributed by atoms with Gasteiger partial charge >= 0.3 is 0 Å². The van der Waals surface area contributed by atoms with Crippen molar-refractivity contribution >= 4 is 11.9 Å². The van der Waals surface area contributed by atoms with E-state index < -0.39 is 0 Å². The summed E-state index contributed by atoms with van der Waals surface area (Å²) in [5.74, 6) is 0.851. The Morgan fingerprint density at radius 3 is 2.52 bits per heavy atom. The van der Waals surface area contributed by atoms with Crippen LogP contribution in [0, 0.1) is 11.7 Å². The van der Waals surface area contributed by atoms with E-state index in [2.05, 4.69) is 29.5 Å². The fraction of sp³-hybridized carbons (Fsp3) is 0.579. The average molecular weight is 348 g/mol. The molecule has 0 radical (unpaired) electrons. The number of nitrogens with one attached hydrogen (secondary N) is 2. The third-order valence-corrected chi connectivity index (χ3v) is 4.44. The highest BCUT2D eigenvalue weighted by atomic mass is 19.1. The van der Waals surface area contributed by atoms with Crippen LogP contribution in [0.3, 0.4) is 0 Å². The SMILES string of the molecule is CC(C)CNC(=NCC(=O)N(C)C)NCC1(c2ccccc2F)CC1. The second kappa shape index (κ2) is 8.32. The fourth-order valence-corrected chi connectivity index (χ4v) is 2.60. The molecule has 1 aromatic carbocycles. The van der Waals surface area contributed by atoms with Gasteiger partial charge in [-0.3, -0.25) is 4.79 Å². The highest BCUT2D eigenvalue weighted by Crippen LogP contribution is 2.48. The van der Waals surface area contributed by atoms with Gasteiger partial charge in [0.15, 0.2) is 5.96 Å². The second-order valence-electron chi connectivity index (χ2n) is 7.34. The van der Waals surface area contributed by atoms with Crippen LogP contribution in [-0.4, -0.2) is 50.5 Å². The van der Waals surface area contributed by atoms with Gasteiger partial charge in [-0.05, 0) is 30.4 Å². The molecule has 6 heteroatoms. The Bertz CT molecular complexity index is 624. The lowest BCUT2D eigenvalue weighted by molar-refractivity contribution is -0.127. The van der Waals surface area contributed by atoms with Gasteiger partial charge in [-0.15, -0.1) is 0 Å². The van der Waals surface area contributed by atoms with E-state index in [1.807, 2.05) is 12.1 Å². The average Bonchev–Trinajstić information content (AvgIpc) is 3.34. The van der Waals surface area contributed by atoms with Crippen LogP contribution in [0.5, 0.6) is 0 Å². The summed E-state index contributed by atoms with van der Waals surface area (Å²) in [4.78, 5) is 17.7. The Kier molecular flexibility index (Phi) is 6.39. The number of carbonyl (C=O) groups excluding carboxylic acids is 1. The molecule has 0 heterocycles. The molecule has 1 saturated carbocycles. The van der Waals surface area contributed by atoms with Crippen LogP contribution < -0.4 is 10.6 Å². The summed E-state index contributed by atoms with van der Waals surface area (Å²) in [6, 6.07) is 6.96. The maximum Gasteiger partial charge on any atom is 0.243 e. The number of rotatable bonds is 7. The predicted octanol–water partition coefficient (Wildman–Crippen LogP) is 2.14. The number of guanidine groups is 1. The van der Waals surface area contributed by atoms with Gasteiger partial charge in [0.05, 0.1) is 0 Å². The van der Waals surface area contributed by atoms with E-state index in [1.165, 1.54) is 11.0 Å². The quantitative estimate of drug-likeness (QED) is 0.586. The minimum Gasteiger partial charge on any atom is -0.356 e. The number of hydrogen-bond acceptors (Lipinski definition) is 2. The molecule has 138 valence electrons. The fourth-order valence-electron chi connectivity index (χ4n) is 2.60. The van der Waals surface area contributed by atoms with Crippen molar-refractivity contribution in [3.63, 3.8) is 0 Å². The molecule has 1 aliphatic carbocycles.